The van der Waals surface area contributed by atoms with E-state index in [0.717, 1.165) is 18.8 Å². The largest absolute Gasteiger partial charge is 0.497 e. The number of hydrogen-bond acceptors (Lipinski definition) is 3. The standard InChI is InChI=1S/C13H20O2S/c1-13(2,9-10-14-3)16-12-7-5-11(15-4)6-8-12/h5-8H,9-10H2,1-4H3. The monoisotopic (exact) mass is 240 g/mol. The Morgan fingerprint density at radius 2 is 1.75 bits per heavy atom. The Bertz CT molecular complexity index is 306. The third kappa shape index (κ3) is 4.45. The van der Waals surface area contributed by atoms with Gasteiger partial charge >= 0.3 is 0 Å². The van der Waals surface area contributed by atoms with Gasteiger partial charge in [-0.05, 0) is 30.7 Å². The zero-order chi connectivity index (χ0) is 12.0. The number of hydrogen-bond donors (Lipinski definition) is 0. The van der Waals surface area contributed by atoms with Gasteiger partial charge in [-0.25, -0.2) is 0 Å². The topological polar surface area (TPSA) is 18.5 Å². The molecule has 16 heavy (non-hydrogen) atoms. The van der Waals surface area contributed by atoms with Crippen LogP contribution in [0, 0.1) is 0 Å². The van der Waals surface area contributed by atoms with Crippen LogP contribution >= 0.6 is 11.8 Å². The lowest BCUT2D eigenvalue weighted by Crippen LogP contribution is -2.16. The molecule has 0 atom stereocenters. The van der Waals surface area contributed by atoms with Crippen molar-refractivity contribution in [1.82, 2.24) is 0 Å². The van der Waals surface area contributed by atoms with Crippen LogP contribution in [0.4, 0.5) is 0 Å². The van der Waals surface area contributed by atoms with Crippen LogP contribution in [0.3, 0.4) is 0 Å². The number of methoxy groups -OCH3 is 2. The van der Waals surface area contributed by atoms with E-state index in [9.17, 15) is 0 Å². The third-order valence-electron chi connectivity index (χ3n) is 2.36. The second-order valence-corrected chi connectivity index (χ2v) is 6.06. The molecule has 0 N–H and O–H groups in total. The fraction of sp³-hybridized carbons (Fsp3) is 0.538. The van der Waals surface area contributed by atoms with Crippen LogP contribution in [0.5, 0.6) is 5.75 Å². The Morgan fingerprint density at radius 1 is 1.12 bits per heavy atom. The lowest BCUT2D eigenvalue weighted by atomic mass is 10.1. The molecule has 0 radical (unpaired) electrons. The fourth-order valence-electron chi connectivity index (χ4n) is 1.36. The molecule has 0 aromatic heterocycles. The first kappa shape index (κ1) is 13.4. The third-order valence-corrected chi connectivity index (χ3v) is 3.63. The fourth-order valence-corrected chi connectivity index (χ4v) is 2.46. The van der Waals surface area contributed by atoms with Gasteiger partial charge in [-0.15, -0.1) is 11.8 Å². The molecular weight excluding hydrogens is 220 g/mol. The van der Waals surface area contributed by atoms with Crippen molar-refractivity contribution in [3.05, 3.63) is 24.3 Å². The Hall–Kier alpha value is -0.670. The van der Waals surface area contributed by atoms with E-state index < -0.39 is 0 Å². The van der Waals surface area contributed by atoms with Gasteiger partial charge in [0.05, 0.1) is 7.11 Å². The molecule has 0 aliphatic carbocycles. The molecule has 0 amide bonds. The Kier molecular flexibility index (Phi) is 5.16. The Balaban J connectivity index is 2.57. The lowest BCUT2D eigenvalue weighted by molar-refractivity contribution is 0.187. The Labute approximate surface area is 102 Å². The highest BCUT2D eigenvalue weighted by Crippen LogP contribution is 2.35. The normalized spacial score (nSPS) is 11.5. The second kappa shape index (κ2) is 6.16. The van der Waals surface area contributed by atoms with Crippen molar-refractivity contribution in [3.63, 3.8) is 0 Å². The van der Waals surface area contributed by atoms with Gasteiger partial charge in [-0.3, -0.25) is 0 Å². The molecule has 1 aromatic carbocycles. The molecule has 3 heteroatoms. The quantitative estimate of drug-likeness (QED) is 0.708. The number of ether oxygens (including phenoxy) is 2. The van der Waals surface area contributed by atoms with E-state index in [1.807, 2.05) is 23.9 Å². The molecule has 0 aliphatic rings. The molecule has 0 saturated heterocycles. The van der Waals surface area contributed by atoms with E-state index in [2.05, 4.69) is 26.0 Å². The van der Waals surface area contributed by atoms with Crippen molar-refractivity contribution in [2.24, 2.45) is 0 Å². The molecular formula is C13H20O2S. The molecule has 90 valence electrons. The van der Waals surface area contributed by atoms with E-state index in [1.165, 1.54) is 4.90 Å². The van der Waals surface area contributed by atoms with Gasteiger partial charge in [0.1, 0.15) is 5.75 Å². The van der Waals surface area contributed by atoms with Gasteiger partial charge in [0.15, 0.2) is 0 Å². The van der Waals surface area contributed by atoms with E-state index in [0.29, 0.717) is 0 Å². The highest BCUT2D eigenvalue weighted by Gasteiger charge is 2.18. The van der Waals surface area contributed by atoms with Crippen molar-refractivity contribution in [1.29, 1.82) is 0 Å². The molecule has 0 bridgehead atoms. The van der Waals surface area contributed by atoms with Crippen LogP contribution in [-0.2, 0) is 4.74 Å². The van der Waals surface area contributed by atoms with Crippen LogP contribution in [0.15, 0.2) is 29.2 Å². The molecule has 2 nitrogen and oxygen atoms in total. The predicted octanol–water partition coefficient (Wildman–Crippen LogP) is 3.60. The highest BCUT2D eigenvalue weighted by molar-refractivity contribution is 8.00. The average molecular weight is 240 g/mol. The molecule has 0 heterocycles. The van der Waals surface area contributed by atoms with Gasteiger partial charge < -0.3 is 9.47 Å². The summed E-state index contributed by atoms with van der Waals surface area (Å²) in [5.41, 5.74) is 0. The minimum atomic E-state index is 0.199. The average Bonchev–Trinajstić information content (AvgIpc) is 2.27. The molecule has 0 saturated carbocycles. The summed E-state index contributed by atoms with van der Waals surface area (Å²) in [6, 6.07) is 8.18. The summed E-state index contributed by atoms with van der Waals surface area (Å²) < 4.78 is 10.5. The van der Waals surface area contributed by atoms with Crippen LogP contribution in [0.2, 0.25) is 0 Å². The Morgan fingerprint density at radius 3 is 2.25 bits per heavy atom. The summed E-state index contributed by atoms with van der Waals surface area (Å²) in [7, 11) is 3.43. The van der Waals surface area contributed by atoms with Gasteiger partial charge in [0.2, 0.25) is 0 Å². The van der Waals surface area contributed by atoms with Gasteiger partial charge in [-0.2, -0.15) is 0 Å². The summed E-state index contributed by atoms with van der Waals surface area (Å²) in [6.45, 7) is 5.28. The van der Waals surface area contributed by atoms with E-state index in [-0.39, 0.29) is 4.75 Å². The maximum atomic E-state index is 5.13. The first-order chi connectivity index (χ1) is 7.57. The summed E-state index contributed by atoms with van der Waals surface area (Å²) in [5.74, 6) is 0.902. The zero-order valence-corrected chi connectivity index (χ0v) is 11.3. The predicted molar refractivity (Wildman–Crippen MR) is 69.4 cm³/mol. The van der Waals surface area contributed by atoms with E-state index in [4.69, 9.17) is 9.47 Å². The highest BCUT2D eigenvalue weighted by atomic mass is 32.2. The maximum Gasteiger partial charge on any atom is 0.118 e. The van der Waals surface area contributed by atoms with Gasteiger partial charge in [-0.1, -0.05) is 13.8 Å². The van der Waals surface area contributed by atoms with Crippen molar-refractivity contribution in [2.45, 2.75) is 29.9 Å². The van der Waals surface area contributed by atoms with Crippen LogP contribution in [0.25, 0.3) is 0 Å². The van der Waals surface area contributed by atoms with Crippen LogP contribution in [0.1, 0.15) is 20.3 Å². The zero-order valence-electron chi connectivity index (χ0n) is 10.4. The molecule has 1 rings (SSSR count). The number of benzene rings is 1. The van der Waals surface area contributed by atoms with Crippen molar-refractivity contribution in [2.75, 3.05) is 20.8 Å². The summed E-state index contributed by atoms with van der Waals surface area (Å²) >= 11 is 1.87. The number of rotatable bonds is 6. The summed E-state index contributed by atoms with van der Waals surface area (Å²) in [4.78, 5) is 1.27. The minimum absolute atomic E-state index is 0.199. The van der Waals surface area contributed by atoms with Gasteiger partial charge in [0.25, 0.3) is 0 Å². The van der Waals surface area contributed by atoms with Crippen LogP contribution in [-0.4, -0.2) is 25.6 Å². The molecule has 0 unspecified atom stereocenters. The first-order valence-electron chi connectivity index (χ1n) is 5.39. The smallest absolute Gasteiger partial charge is 0.118 e. The van der Waals surface area contributed by atoms with E-state index in [1.54, 1.807) is 14.2 Å². The minimum Gasteiger partial charge on any atom is -0.497 e. The first-order valence-corrected chi connectivity index (χ1v) is 6.21. The maximum absolute atomic E-state index is 5.13. The van der Waals surface area contributed by atoms with Crippen molar-refractivity contribution < 1.29 is 9.47 Å². The summed E-state index contributed by atoms with van der Waals surface area (Å²) in [5, 5.41) is 0. The number of thioether (sulfide) groups is 1. The molecule has 0 fully saturated rings. The van der Waals surface area contributed by atoms with Crippen molar-refractivity contribution in [3.8, 4) is 5.75 Å². The van der Waals surface area contributed by atoms with E-state index >= 15 is 0 Å². The molecule has 1 aromatic rings. The summed E-state index contributed by atoms with van der Waals surface area (Å²) in [6.07, 6.45) is 1.04. The molecule has 0 spiro atoms. The van der Waals surface area contributed by atoms with Crippen molar-refractivity contribution >= 4 is 11.8 Å². The molecule has 0 aliphatic heterocycles. The lowest BCUT2D eigenvalue weighted by Gasteiger charge is -2.23. The van der Waals surface area contributed by atoms with Gasteiger partial charge in [0, 0.05) is 23.4 Å². The SMILES string of the molecule is COCCC(C)(C)Sc1ccc(OC)cc1. The van der Waals surface area contributed by atoms with Crippen LogP contribution < -0.4 is 4.74 Å². The second-order valence-electron chi connectivity index (χ2n) is 4.28.